The van der Waals surface area contributed by atoms with Gasteiger partial charge in [-0.3, -0.25) is 0 Å². The van der Waals surface area contributed by atoms with E-state index in [0.29, 0.717) is 0 Å². The van der Waals surface area contributed by atoms with Gasteiger partial charge in [0.2, 0.25) is 0 Å². The van der Waals surface area contributed by atoms with Crippen LogP contribution in [0.15, 0.2) is 30.3 Å². The Labute approximate surface area is 104 Å². The van der Waals surface area contributed by atoms with Gasteiger partial charge in [-0.25, -0.2) is 0 Å². The summed E-state index contributed by atoms with van der Waals surface area (Å²) in [5.74, 6) is 1.69. The number of benzene rings is 1. The number of nitrogens with one attached hydrogen (secondary N) is 2. The number of rotatable bonds is 7. The lowest BCUT2D eigenvalue weighted by atomic mass is 10.1. The largest absolute Gasteiger partial charge is 0.315 e. The molecule has 2 saturated carbocycles. The van der Waals surface area contributed by atoms with Crippen LogP contribution in [0, 0.1) is 5.92 Å². The molecule has 2 atom stereocenters. The Morgan fingerprint density at radius 1 is 1.06 bits per heavy atom. The van der Waals surface area contributed by atoms with E-state index in [1.165, 1.54) is 31.4 Å². The zero-order valence-corrected chi connectivity index (χ0v) is 10.4. The van der Waals surface area contributed by atoms with Gasteiger partial charge in [0.15, 0.2) is 0 Å². The van der Waals surface area contributed by atoms with E-state index < -0.39 is 0 Å². The molecule has 1 aromatic rings. The molecular formula is C15H22N2. The molecule has 3 rings (SSSR count). The van der Waals surface area contributed by atoms with Crippen LogP contribution in [0.1, 0.15) is 30.7 Å². The molecule has 2 aliphatic carbocycles. The first kappa shape index (κ1) is 11.2. The topological polar surface area (TPSA) is 24.1 Å². The van der Waals surface area contributed by atoms with Gasteiger partial charge in [-0.05, 0) is 43.2 Å². The maximum absolute atomic E-state index is 3.57. The SMILES string of the molecule is c1ccc(C2CC2CNCCNC2CC2)cc1. The van der Waals surface area contributed by atoms with E-state index in [0.717, 1.165) is 31.0 Å². The number of hydrogen-bond acceptors (Lipinski definition) is 2. The van der Waals surface area contributed by atoms with Gasteiger partial charge in [0.25, 0.3) is 0 Å². The van der Waals surface area contributed by atoms with Crippen molar-refractivity contribution in [3.8, 4) is 0 Å². The molecule has 2 aliphatic rings. The Kier molecular flexibility index (Phi) is 3.44. The molecule has 1 aromatic carbocycles. The first-order valence-corrected chi connectivity index (χ1v) is 6.92. The maximum Gasteiger partial charge on any atom is 0.00793 e. The Balaban J connectivity index is 1.30. The van der Waals surface area contributed by atoms with E-state index in [2.05, 4.69) is 41.0 Å². The standard InChI is InChI=1S/C15H22N2/c1-2-4-12(5-3-1)15-10-13(15)11-16-8-9-17-14-6-7-14/h1-5,13-17H,6-11H2. The molecule has 0 aliphatic heterocycles. The van der Waals surface area contributed by atoms with Gasteiger partial charge in [-0.1, -0.05) is 30.3 Å². The van der Waals surface area contributed by atoms with Crippen molar-refractivity contribution in [3.05, 3.63) is 35.9 Å². The van der Waals surface area contributed by atoms with Crippen LogP contribution in [0.2, 0.25) is 0 Å². The van der Waals surface area contributed by atoms with Crippen molar-refractivity contribution in [1.82, 2.24) is 10.6 Å². The van der Waals surface area contributed by atoms with Crippen molar-refractivity contribution >= 4 is 0 Å². The highest BCUT2D eigenvalue weighted by Gasteiger charge is 2.37. The smallest absolute Gasteiger partial charge is 0.00793 e. The Morgan fingerprint density at radius 2 is 1.88 bits per heavy atom. The fraction of sp³-hybridized carbons (Fsp3) is 0.600. The molecule has 2 unspecified atom stereocenters. The molecule has 0 amide bonds. The van der Waals surface area contributed by atoms with Crippen LogP contribution in [0.5, 0.6) is 0 Å². The average Bonchev–Trinajstić information content (AvgIpc) is 3.25. The summed E-state index contributed by atoms with van der Waals surface area (Å²) in [5, 5.41) is 7.10. The van der Waals surface area contributed by atoms with Crippen LogP contribution in [-0.4, -0.2) is 25.7 Å². The zero-order valence-electron chi connectivity index (χ0n) is 10.4. The van der Waals surface area contributed by atoms with E-state index >= 15 is 0 Å². The predicted octanol–water partition coefficient (Wildman–Crippen LogP) is 2.13. The highest BCUT2D eigenvalue weighted by molar-refractivity contribution is 5.25. The van der Waals surface area contributed by atoms with Crippen LogP contribution >= 0.6 is 0 Å². The summed E-state index contributed by atoms with van der Waals surface area (Å²) in [7, 11) is 0. The minimum Gasteiger partial charge on any atom is -0.315 e. The monoisotopic (exact) mass is 230 g/mol. The van der Waals surface area contributed by atoms with Crippen molar-refractivity contribution in [2.24, 2.45) is 5.92 Å². The minimum absolute atomic E-state index is 0.820. The van der Waals surface area contributed by atoms with Gasteiger partial charge in [-0.2, -0.15) is 0 Å². The molecule has 92 valence electrons. The van der Waals surface area contributed by atoms with Crippen LogP contribution in [0.4, 0.5) is 0 Å². The molecule has 0 saturated heterocycles. The summed E-state index contributed by atoms with van der Waals surface area (Å²) in [6, 6.07) is 11.8. The van der Waals surface area contributed by atoms with Crippen molar-refractivity contribution in [3.63, 3.8) is 0 Å². The third-order valence-electron chi connectivity index (χ3n) is 3.87. The maximum atomic E-state index is 3.57. The van der Waals surface area contributed by atoms with E-state index in [1.807, 2.05) is 0 Å². The Morgan fingerprint density at radius 3 is 2.65 bits per heavy atom. The minimum atomic E-state index is 0.820. The fourth-order valence-corrected chi connectivity index (χ4v) is 2.52. The third-order valence-corrected chi connectivity index (χ3v) is 3.87. The zero-order chi connectivity index (χ0) is 11.5. The summed E-state index contributed by atoms with van der Waals surface area (Å²) in [4.78, 5) is 0. The van der Waals surface area contributed by atoms with Gasteiger partial charge in [-0.15, -0.1) is 0 Å². The van der Waals surface area contributed by atoms with Crippen LogP contribution < -0.4 is 10.6 Å². The molecule has 2 N–H and O–H groups in total. The summed E-state index contributed by atoms with van der Waals surface area (Å²) in [6.07, 6.45) is 4.14. The Bertz CT molecular complexity index is 345. The highest BCUT2D eigenvalue weighted by Crippen LogP contribution is 2.46. The average molecular weight is 230 g/mol. The van der Waals surface area contributed by atoms with E-state index in [-0.39, 0.29) is 0 Å². The first-order chi connectivity index (χ1) is 8.43. The number of hydrogen-bond donors (Lipinski definition) is 2. The lowest BCUT2D eigenvalue weighted by Crippen LogP contribution is -2.29. The van der Waals surface area contributed by atoms with Crippen LogP contribution in [0.25, 0.3) is 0 Å². The quantitative estimate of drug-likeness (QED) is 0.701. The van der Waals surface area contributed by atoms with Gasteiger partial charge in [0.05, 0.1) is 0 Å². The normalized spacial score (nSPS) is 27.1. The molecule has 2 heteroatoms. The molecule has 0 bridgehead atoms. The van der Waals surface area contributed by atoms with E-state index in [4.69, 9.17) is 0 Å². The molecule has 0 aromatic heterocycles. The molecule has 0 heterocycles. The van der Waals surface area contributed by atoms with Crippen molar-refractivity contribution in [2.45, 2.75) is 31.2 Å². The van der Waals surface area contributed by atoms with E-state index in [9.17, 15) is 0 Å². The fourth-order valence-electron chi connectivity index (χ4n) is 2.52. The van der Waals surface area contributed by atoms with Crippen LogP contribution in [-0.2, 0) is 0 Å². The summed E-state index contributed by atoms with van der Waals surface area (Å²) in [5.41, 5.74) is 1.52. The highest BCUT2D eigenvalue weighted by atomic mass is 15.0. The molecule has 2 nitrogen and oxygen atoms in total. The van der Waals surface area contributed by atoms with Gasteiger partial charge >= 0.3 is 0 Å². The second kappa shape index (κ2) is 5.19. The van der Waals surface area contributed by atoms with Gasteiger partial charge in [0, 0.05) is 19.1 Å². The summed E-state index contributed by atoms with van der Waals surface area (Å²) >= 11 is 0. The summed E-state index contributed by atoms with van der Waals surface area (Å²) < 4.78 is 0. The second-order valence-electron chi connectivity index (χ2n) is 5.45. The lowest BCUT2D eigenvalue weighted by molar-refractivity contribution is 0.582. The molecule has 0 spiro atoms. The second-order valence-corrected chi connectivity index (χ2v) is 5.45. The summed E-state index contributed by atoms with van der Waals surface area (Å²) in [6.45, 7) is 3.44. The van der Waals surface area contributed by atoms with E-state index in [1.54, 1.807) is 0 Å². The predicted molar refractivity (Wildman–Crippen MR) is 71.2 cm³/mol. The van der Waals surface area contributed by atoms with Crippen molar-refractivity contribution < 1.29 is 0 Å². The molecule has 17 heavy (non-hydrogen) atoms. The third kappa shape index (κ3) is 3.30. The van der Waals surface area contributed by atoms with Crippen molar-refractivity contribution in [1.29, 1.82) is 0 Å². The first-order valence-electron chi connectivity index (χ1n) is 6.92. The molecular weight excluding hydrogens is 208 g/mol. The van der Waals surface area contributed by atoms with Crippen LogP contribution in [0.3, 0.4) is 0 Å². The Hall–Kier alpha value is -0.860. The lowest BCUT2D eigenvalue weighted by Gasteiger charge is -2.05. The molecule has 0 radical (unpaired) electrons. The van der Waals surface area contributed by atoms with Crippen molar-refractivity contribution in [2.75, 3.05) is 19.6 Å². The van der Waals surface area contributed by atoms with Gasteiger partial charge < -0.3 is 10.6 Å². The van der Waals surface area contributed by atoms with Gasteiger partial charge in [0.1, 0.15) is 0 Å². The molecule has 2 fully saturated rings.